The van der Waals surface area contributed by atoms with Gasteiger partial charge in [0.2, 0.25) is 11.8 Å². The predicted octanol–water partition coefficient (Wildman–Crippen LogP) is 3.56. The maximum atomic E-state index is 13.0. The number of carbonyl (C=O) groups is 2. The summed E-state index contributed by atoms with van der Waals surface area (Å²) in [6.45, 7) is 4.20. The van der Waals surface area contributed by atoms with Crippen LogP contribution in [0.5, 0.6) is 5.75 Å². The quantitative estimate of drug-likeness (QED) is 0.771. The van der Waals surface area contributed by atoms with Crippen LogP contribution in [0.15, 0.2) is 42.5 Å². The van der Waals surface area contributed by atoms with E-state index in [2.05, 4.69) is 5.32 Å². The zero-order chi connectivity index (χ0) is 19.8. The summed E-state index contributed by atoms with van der Waals surface area (Å²) in [5.74, 6) is 0.0177. The fourth-order valence-electron chi connectivity index (χ4n) is 2.71. The van der Waals surface area contributed by atoms with Gasteiger partial charge in [-0.15, -0.1) is 0 Å². The van der Waals surface area contributed by atoms with Gasteiger partial charge in [-0.1, -0.05) is 18.2 Å². The molecule has 6 heteroatoms. The van der Waals surface area contributed by atoms with Crippen LogP contribution < -0.4 is 10.1 Å². The molecule has 0 spiro atoms. The highest BCUT2D eigenvalue weighted by Gasteiger charge is 2.13. The molecule has 0 unspecified atom stereocenters. The van der Waals surface area contributed by atoms with Crippen LogP contribution in [0, 0.1) is 12.7 Å². The fraction of sp³-hybridized carbons (Fsp3) is 0.333. The summed E-state index contributed by atoms with van der Waals surface area (Å²) in [4.78, 5) is 25.8. The third-order valence-electron chi connectivity index (χ3n) is 4.27. The first-order valence-electron chi connectivity index (χ1n) is 8.83. The van der Waals surface area contributed by atoms with Gasteiger partial charge in [0.1, 0.15) is 11.6 Å². The monoisotopic (exact) mass is 372 g/mol. The lowest BCUT2D eigenvalue weighted by atomic mass is 10.1. The summed E-state index contributed by atoms with van der Waals surface area (Å²) in [6, 6.07) is 11.7. The van der Waals surface area contributed by atoms with Crippen molar-refractivity contribution >= 4 is 17.5 Å². The van der Waals surface area contributed by atoms with E-state index in [0.29, 0.717) is 30.9 Å². The molecule has 0 aliphatic rings. The molecule has 0 aliphatic heterocycles. The van der Waals surface area contributed by atoms with Gasteiger partial charge in [0, 0.05) is 26.4 Å². The normalized spacial score (nSPS) is 10.4. The van der Waals surface area contributed by atoms with E-state index in [0.717, 1.165) is 11.1 Å². The molecule has 0 heterocycles. The van der Waals surface area contributed by atoms with Crippen LogP contribution in [-0.2, 0) is 16.0 Å². The highest BCUT2D eigenvalue weighted by molar-refractivity contribution is 5.92. The Bertz CT molecular complexity index is 791. The van der Waals surface area contributed by atoms with Crippen molar-refractivity contribution in [1.82, 2.24) is 4.90 Å². The number of ether oxygens (including phenoxy) is 1. The number of hydrogen-bond donors (Lipinski definition) is 1. The van der Waals surface area contributed by atoms with Gasteiger partial charge in [-0.3, -0.25) is 9.59 Å². The Labute approximate surface area is 159 Å². The summed E-state index contributed by atoms with van der Waals surface area (Å²) in [6.07, 6.45) is 0.785. The number of nitrogens with one attached hydrogen (secondary N) is 1. The summed E-state index contributed by atoms with van der Waals surface area (Å²) < 4.78 is 18.2. The van der Waals surface area contributed by atoms with Crippen molar-refractivity contribution in [3.63, 3.8) is 0 Å². The van der Waals surface area contributed by atoms with Crippen LogP contribution in [0.4, 0.5) is 10.1 Å². The summed E-state index contributed by atoms with van der Waals surface area (Å²) in [5.41, 5.74) is 2.57. The van der Waals surface area contributed by atoms with Gasteiger partial charge >= 0.3 is 0 Å². The molecule has 0 aliphatic carbocycles. The average molecular weight is 372 g/mol. The van der Waals surface area contributed by atoms with Gasteiger partial charge in [-0.05, 0) is 48.7 Å². The highest BCUT2D eigenvalue weighted by Crippen LogP contribution is 2.25. The fourth-order valence-corrected chi connectivity index (χ4v) is 2.71. The van der Waals surface area contributed by atoms with Crippen molar-refractivity contribution in [2.24, 2.45) is 0 Å². The third kappa shape index (κ3) is 6.40. The van der Waals surface area contributed by atoms with Crippen molar-refractivity contribution in [2.75, 3.05) is 25.5 Å². The SMILES string of the molecule is COc1ccc(C)cc1NC(=O)CCN(CCc1ccc(F)cc1)C(C)=O. The zero-order valence-electron chi connectivity index (χ0n) is 15.9. The topological polar surface area (TPSA) is 58.6 Å². The van der Waals surface area contributed by atoms with Gasteiger partial charge in [0.25, 0.3) is 0 Å². The molecule has 27 heavy (non-hydrogen) atoms. The Morgan fingerprint density at radius 3 is 2.44 bits per heavy atom. The van der Waals surface area contributed by atoms with Crippen LogP contribution in [0.2, 0.25) is 0 Å². The van der Waals surface area contributed by atoms with Crippen molar-refractivity contribution < 1.29 is 18.7 Å². The van der Waals surface area contributed by atoms with E-state index < -0.39 is 0 Å². The maximum absolute atomic E-state index is 13.0. The lowest BCUT2D eigenvalue weighted by Crippen LogP contribution is -2.33. The molecule has 0 saturated heterocycles. The number of rotatable bonds is 8. The number of aryl methyl sites for hydroxylation is 1. The lowest BCUT2D eigenvalue weighted by Gasteiger charge is -2.21. The van der Waals surface area contributed by atoms with E-state index in [1.54, 1.807) is 30.2 Å². The molecule has 2 rings (SSSR count). The Morgan fingerprint density at radius 2 is 1.81 bits per heavy atom. The second-order valence-corrected chi connectivity index (χ2v) is 6.38. The van der Waals surface area contributed by atoms with E-state index in [9.17, 15) is 14.0 Å². The molecule has 0 fully saturated rings. The highest BCUT2D eigenvalue weighted by atomic mass is 19.1. The van der Waals surface area contributed by atoms with Gasteiger partial charge < -0.3 is 15.0 Å². The minimum atomic E-state index is -0.287. The first-order valence-corrected chi connectivity index (χ1v) is 8.83. The molecular weight excluding hydrogens is 347 g/mol. The number of halogens is 1. The largest absolute Gasteiger partial charge is 0.495 e. The molecule has 0 atom stereocenters. The standard InChI is InChI=1S/C21H25FN2O3/c1-15-4-9-20(27-3)19(14-15)23-21(26)11-13-24(16(2)25)12-10-17-5-7-18(22)8-6-17/h4-9,14H,10-13H2,1-3H3,(H,23,26). The second kappa shape index (κ2) is 9.71. The molecule has 0 saturated carbocycles. The van der Waals surface area contributed by atoms with E-state index in [1.807, 2.05) is 19.1 Å². The average Bonchev–Trinajstić information content (AvgIpc) is 2.63. The van der Waals surface area contributed by atoms with Crippen molar-refractivity contribution in [2.45, 2.75) is 26.7 Å². The Hall–Kier alpha value is -2.89. The zero-order valence-corrected chi connectivity index (χ0v) is 15.9. The van der Waals surface area contributed by atoms with Crippen molar-refractivity contribution in [3.8, 4) is 5.75 Å². The van der Waals surface area contributed by atoms with Crippen molar-refractivity contribution in [1.29, 1.82) is 0 Å². The van der Waals surface area contributed by atoms with E-state index >= 15 is 0 Å². The molecule has 1 N–H and O–H groups in total. The number of carbonyl (C=O) groups excluding carboxylic acids is 2. The van der Waals surface area contributed by atoms with Gasteiger partial charge in [-0.2, -0.15) is 0 Å². The summed E-state index contributed by atoms with van der Waals surface area (Å²) in [7, 11) is 1.55. The first-order chi connectivity index (χ1) is 12.9. The minimum absolute atomic E-state index is 0.0990. The maximum Gasteiger partial charge on any atom is 0.226 e. The number of hydrogen-bond acceptors (Lipinski definition) is 3. The van der Waals surface area contributed by atoms with E-state index in [4.69, 9.17) is 4.74 Å². The van der Waals surface area contributed by atoms with Gasteiger partial charge in [0.15, 0.2) is 0 Å². The number of amides is 2. The first kappa shape index (κ1) is 20.4. The van der Waals surface area contributed by atoms with Crippen LogP contribution in [-0.4, -0.2) is 36.9 Å². The molecular formula is C21H25FN2O3. The second-order valence-electron chi connectivity index (χ2n) is 6.38. The predicted molar refractivity (Wildman–Crippen MR) is 103 cm³/mol. The van der Waals surface area contributed by atoms with Crippen LogP contribution in [0.1, 0.15) is 24.5 Å². The molecule has 2 aromatic carbocycles. The Morgan fingerprint density at radius 1 is 1.11 bits per heavy atom. The van der Waals surface area contributed by atoms with Gasteiger partial charge in [-0.25, -0.2) is 4.39 Å². The molecule has 0 radical (unpaired) electrons. The smallest absolute Gasteiger partial charge is 0.226 e. The number of nitrogens with zero attached hydrogens (tertiary/aromatic N) is 1. The van der Waals surface area contributed by atoms with Crippen LogP contribution in [0.25, 0.3) is 0 Å². The number of anilines is 1. The molecule has 0 bridgehead atoms. The Kier molecular flexibility index (Phi) is 7.34. The van der Waals surface area contributed by atoms with Crippen molar-refractivity contribution in [3.05, 3.63) is 59.4 Å². The van der Waals surface area contributed by atoms with Crippen LogP contribution in [0.3, 0.4) is 0 Å². The Balaban J connectivity index is 1.89. The molecule has 2 aromatic rings. The number of benzene rings is 2. The molecule has 0 aromatic heterocycles. The van der Waals surface area contributed by atoms with Crippen LogP contribution >= 0.6 is 0 Å². The van der Waals surface area contributed by atoms with E-state index in [1.165, 1.54) is 19.1 Å². The summed E-state index contributed by atoms with van der Waals surface area (Å²) >= 11 is 0. The molecule has 2 amide bonds. The summed E-state index contributed by atoms with van der Waals surface area (Å²) in [5, 5.41) is 2.83. The van der Waals surface area contributed by atoms with E-state index in [-0.39, 0.29) is 24.1 Å². The third-order valence-corrected chi connectivity index (χ3v) is 4.27. The number of methoxy groups -OCH3 is 1. The minimum Gasteiger partial charge on any atom is -0.495 e. The van der Waals surface area contributed by atoms with Gasteiger partial charge in [0.05, 0.1) is 12.8 Å². The molecule has 144 valence electrons. The lowest BCUT2D eigenvalue weighted by molar-refractivity contribution is -0.129. The molecule has 5 nitrogen and oxygen atoms in total.